The van der Waals surface area contributed by atoms with E-state index in [0.717, 1.165) is 7.11 Å². The lowest BCUT2D eigenvalue weighted by molar-refractivity contribution is -0.154. The van der Waals surface area contributed by atoms with Gasteiger partial charge in [0.15, 0.2) is 6.17 Å². The molecule has 74 valence electrons. The maximum absolute atomic E-state index is 13.3. The summed E-state index contributed by atoms with van der Waals surface area (Å²) in [7, 11) is 1.04. The van der Waals surface area contributed by atoms with Gasteiger partial charge in [-0.05, 0) is 5.56 Å². The van der Waals surface area contributed by atoms with Crippen LogP contribution in [-0.2, 0) is 14.3 Å². The Morgan fingerprint density at radius 3 is 2.36 bits per heavy atom. The van der Waals surface area contributed by atoms with Crippen LogP contribution < -0.4 is 0 Å². The molecule has 0 aliphatic rings. The van der Waals surface area contributed by atoms with Crippen LogP contribution in [0.25, 0.3) is 0 Å². The third-order valence-corrected chi connectivity index (χ3v) is 1.71. The molecule has 0 heterocycles. The zero-order chi connectivity index (χ0) is 10.6. The average Bonchev–Trinajstić information content (AvgIpc) is 2.27. The number of alkyl halides is 1. The molecule has 0 fully saturated rings. The van der Waals surface area contributed by atoms with Gasteiger partial charge in [0.25, 0.3) is 5.78 Å². The van der Waals surface area contributed by atoms with Crippen molar-refractivity contribution < 1.29 is 18.7 Å². The van der Waals surface area contributed by atoms with Crippen molar-refractivity contribution in [2.45, 2.75) is 6.17 Å². The summed E-state index contributed by atoms with van der Waals surface area (Å²) in [6, 6.07) is 7.74. The first-order chi connectivity index (χ1) is 6.66. The molecule has 1 aromatic carbocycles. The van der Waals surface area contributed by atoms with E-state index in [9.17, 15) is 14.0 Å². The number of rotatable bonds is 3. The predicted molar refractivity (Wildman–Crippen MR) is 47.3 cm³/mol. The Hall–Kier alpha value is -1.71. The number of hydrogen-bond donors (Lipinski definition) is 0. The van der Waals surface area contributed by atoms with E-state index >= 15 is 0 Å². The molecule has 0 radical (unpaired) electrons. The number of hydrogen-bond acceptors (Lipinski definition) is 3. The van der Waals surface area contributed by atoms with Gasteiger partial charge >= 0.3 is 5.97 Å². The zero-order valence-corrected chi connectivity index (χ0v) is 7.57. The predicted octanol–water partition coefficient (Wildman–Crippen LogP) is 1.44. The van der Waals surface area contributed by atoms with Crippen LogP contribution in [0.1, 0.15) is 11.7 Å². The fourth-order valence-corrected chi connectivity index (χ4v) is 0.977. The monoisotopic (exact) mass is 196 g/mol. The summed E-state index contributed by atoms with van der Waals surface area (Å²) in [5.74, 6) is -2.35. The highest BCUT2D eigenvalue weighted by molar-refractivity contribution is 6.35. The van der Waals surface area contributed by atoms with Crippen LogP contribution in [0.2, 0.25) is 0 Å². The number of halogens is 1. The second kappa shape index (κ2) is 4.50. The SMILES string of the molecule is COC(=O)C(=O)C(F)c1ccccc1. The molecule has 1 unspecified atom stereocenters. The zero-order valence-electron chi connectivity index (χ0n) is 7.57. The van der Waals surface area contributed by atoms with E-state index in [4.69, 9.17) is 0 Å². The lowest BCUT2D eigenvalue weighted by Crippen LogP contribution is -2.20. The molecule has 0 saturated heterocycles. The van der Waals surface area contributed by atoms with Gasteiger partial charge in [-0.2, -0.15) is 0 Å². The smallest absolute Gasteiger partial charge is 0.377 e. The van der Waals surface area contributed by atoms with Gasteiger partial charge in [0.1, 0.15) is 0 Å². The lowest BCUT2D eigenvalue weighted by atomic mass is 10.1. The van der Waals surface area contributed by atoms with Crippen LogP contribution in [0.5, 0.6) is 0 Å². The first-order valence-electron chi connectivity index (χ1n) is 3.98. The molecule has 1 rings (SSSR count). The van der Waals surface area contributed by atoms with Crippen molar-refractivity contribution >= 4 is 11.8 Å². The Labute approximate surface area is 80.5 Å². The fraction of sp³-hybridized carbons (Fsp3) is 0.200. The highest BCUT2D eigenvalue weighted by atomic mass is 19.1. The molecule has 0 bridgehead atoms. The number of methoxy groups -OCH3 is 1. The third kappa shape index (κ3) is 2.16. The maximum atomic E-state index is 13.3. The summed E-state index contributed by atoms with van der Waals surface area (Å²) in [6.07, 6.45) is -1.94. The van der Waals surface area contributed by atoms with Crippen LogP contribution in [-0.4, -0.2) is 18.9 Å². The second-order valence-electron chi connectivity index (χ2n) is 2.63. The van der Waals surface area contributed by atoms with Crippen molar-refractivity contribution in [1.82, 2.24) is 0 Å². The van der Waals surface area contributed by atoms with E-state index in [1.165, 1.54) is 12.1 Å². The van der Waals surface area contributed by atoms with Gasteiger partial charge in [0.2, 0.25) is 0 Å². The molecule has 1 atom stereocenters. The van der Waals surface area contributed by atoms with Crippen molar-refractivity contribution in [2.24, 2.45) is 0 Å². The van der Waals surface area contributed by atoms with Crippen molar-refractivity contribution in [2.75, 3.05) is 7.11 Å². The van der Waals surface area contributed by atoms with E-state index in [1.807, 2.05) is 0 Å². The van der Waals surface area contributed by atoms with Gasteiger partial charge in [-0.25, -0.2) is 9.18 Å². The number of ketones is 1. The van der Waals surface area contributed by atoms with Crippen LogP contribution in [0.3, 0.4) is 0 Å². The average molecular weight is 196 g/mol. The van der Waals surface area contributed by atoms with Crippen LogP contribution in [0.4, 0.5) is 4.39 Å². The molecule has 0 aromatic heterocycles. The number of benzene rings is 1. The topological polar surface area (TPSA) is 43.4 Å². The molecule has 14 heavy (non-hydrogen) atoms. The lowest BCUT2D eigenvalue weighted by Gasteiger charge is -2.04. The summed E-state index contributed by atoms with van der Waals surface area (Å²) in [5.41, 5.74) is 0.155. The van der Waals surface area contributed by atoms with E-state index < -0.39 is 17.9 Å². The molecule has 0 aliphatic carbocycles. The minimum atomic E-state index is -1.94. The summed E-state index contributed by atoms with van der Waals surface area (Å²) in [5, 5.41) is 0. The third-order valence-electron chi connectivity index (χ3n) is 1.71. The molecular formula is C10H9FO3. The van der Waals surface area contributed by atoms with Crippen molar-refractivity contribution in [3.63, 3.8) is 0 Å². The number of Topliss-reactive ketones (excluding diaryl/α,β-unsaturated/α-hetero) is 1. The molecule has 1 aromatic rings. The normalized spacial score (nSPS) is 11.9. The van der Waals surface area contributed by atoms with Crippen LogP contribution >= 0.6 is 0 Å². The molecule has 0 saturated carbocycles. The standard InChI is InChI=1S/C10H9FO3/c1-14-10(13)9(12)8(11)7-5-3-2-4-6-7/h2-6,8H,1H3. The fourth-order valence-electron chi connectivity index (χ4n) is 0.977. The van der Waals surface area contributed by atoms with Crippen LogP contribution in [0.15, 0.2) is 30.3 Å². The number of ether oxygens (including phenoxy) is 1. The van der Waals surface area contributed by atoms with E-state index in [-0.39, 0.29) is 5.56 Å². The minimum absolute atomic E-state index is 0.155. The van der Waals surface area contributed by atoms with Gasteiger partial charge < -0.3 is 4.74 Å². The number of carbonyl (C=O) groups is 2. The minimum Gasteiger partial charge on any atom is -0.463 e. The molecule has 3 nitrogen and oxygen atoms in total. The van der Waals surface area contributed by atoms with Gasteiger partial charge in [-0.3, -0.25) is 4.79 Å². The second-order valence-corrected chi connectivity index (χ2v) is 2.63. The molecule has 0 amide bonds. The van der Waals surface area contributed by atoms with Crippen molar-refractivity contribution in [1.29, 1.82) is 0 Å². The Morgan fingerprint density at radius 2 is 1.86 bits per heavy atom. The Balaban J connectivity index is 2.81. The number of carbonyl (C=O) groups excluding carboxylic acids is 2. The van der Waals surface area contributed by atoms with Gasteiger partial charge in [-0.1, -0.05) is 30.3 Å². The highest BCUT2D eigenvalue weighted by Crippen LogP contribution is 2.18. The molecule has 0 N–H and O–H groups in total. The molecule has 4 heteroatoms. The summed E-state index contributed by atoms with van der Waals surface area (Å²) in [4.78, 5) is 21.7. The first-order valence-corrected chi connectivity index (χ1v) is 3.98. The van der Waals surface area contributed by atoms with E-state index in [2.05, 4.69) is 4.74 Å². The Bertz CT molecular complexity index is 334. The van der Waals surface area contributed by atoms with E-state index in [1.54, 1.807) is 18.2 Å². The largest absolute Gasteiger partial charge is 0.463 e. The summed E-state index contributed by atoms with van der Waals surface area (Å²) < 4.78 is 17.4. The van der Waals surface area contributed by atoms with Gasteiger partial charge in [-0.15, -0.1) is 0 Å². The quantitative estimate of drug-likeness (QED) is 0.542. The van der Waals surface area contributed by atoms with Crippen LogP contribution in [0, 0.1) is 0 Å². The summed E-state index contributed by atoms with van der Waals surface area (Å²) in [6.45, 7) is 0. The van der Waals surface area contributed by atoms with Crippen molar-refractivity contribution in [3.05, 3.63) is 35.9 Å². The summed E-state index contributed by atoms with van der Waals surface area (Å²) >= 11 is 0. The Morgan fingerprint density at radius 1 is 1.29 bits per heavy atom. The Kier molecular flexibility index (Phi) is 3.34. The van der Waals surface area contributed by atoms with Gasteiger partial charge in [0.05, 0.1) is 7.11 Å². The molecular weight excluding hydrogens is 187 g/mol. The highest BCUT2D eigenvalue weighted by Gasteiger charge is 2.26. The number of esters is 1. The van der Waals surface area contributed by atoms with Crippen molar-refractivity contribution in [3.8, 4) is 0 Å². The molecule has 0 aliphatic heterocycles. The van der Waals surface area contributed by atoms with E-state index in [0.29, 0.717) is 0 Å². The van der Waals surface area contributed by atoms with Gasteiger partial charge in [0, 0.05) is 0 Å². The molecule has 0 spiro atoms. The maximum Gasteiger partial charge on any atom is 0.377 e. The first kappa shape index (κ1) is 10.4.